The van der Waals surface area contributed by atoms with Gasteiger partial charge in [0.2, 0.25) is 5.91 Å². The lowest BCUT2D eigenvalue weighted by Gasteiger charge is -2.39. The molecule has 0 unspecified atom stereocenters. The number of nitrogens with zero attached hydrogens (tertiary/aromatic N) is 2. The molecule has 0 aromatic heterocycles. The maximum atomic E-state index is 12.3. The first kappa shape index (κ1) is 17.1. The highest BCUT2D eigenvalue weighted by Gasteiger charge is 2.27. The molecule has 1 fully saturated rings. The van der Waals surface area contributed by atoms with Gasteiger partial charge in [-0.1, -0.05) is 17.7 Å². The van der Waals surface area contributed by atoms with Crippen LogP contribution in [-0.4, -0.2) is 48.6 Å². The van der Waals surface area contributed by atoms with E-state index in [1.165, 1.54) is 0 Å². The second kappa shape index (κ2) is 6.88. The van der Waals surface area contributed by atoms with Crippen LogP contribution >= 0.6 is 11.6 Å². The molecule has 0 aliphatic carbocycles. The maximum Gasteiger partial charge on any atom is 0.237 e. The van der Waals surface area contributed by atoms with E-state index in [1.54, 1.807) is 0 Å². The van der Waals surface area contributed by atoms with E-state index >= 15 is 0 Å². The van der Waals surface area contributed by atoms with Crippen molar-refractivity contribution in [3.63, 3.8) is 0 Å². The first-order valence-electron chi connectivity index (χ1n) is 7.83. The van der Waals surface area contributed by atoms with E-state index < -0.39 is 0 Å². The van der Waals surface area contributed by atoms with Gasteiger partial charge in [0.05, 0.1) is 6.04 Å². The monoisotopic (exact) mass is 323 g/mol. The van der Waals surface area contributed by atoms with Crippen LogP contribution in [0.15, 0.2) is 24.3 Å². The van der Waals surface area contributed by atoms with Crippen molar-refractivity contribution in [2.45, 2.75) is 39.3 Å². The lowest BCUT2D eigenvalue weighted by molar-refractivity contribution is -0.127. The zero-order chi connectivity index (χ0) is 16.3. The number of carbonyl (C=O) groups excluding carboxylic acids is 1. The highest BCUT2D eigenvalue weighted by molar-refractivity contribution is 6.30. The average molecular weight is 324 g/mol. The van der Waals surface area contributed by atoms with Crippen molar-refractivity contribution in [1.82, 2.24) is 10.2 Å². The van der Waals surface area contributed by atoms with Gasteiger partial charge in [-0.25, -0.2) is 0 Å². The lowest BCUT2D eigenvalue weighted by atomic mass is 10.1. The summed E-state index contributed by atoms with van der Waals surface area (Å²) in [5, 5.41) is 3.82. The molecule has 1 atom stereocenters. The second-order valence-electron chi connectivity index (χ2n) is 6.92. The van der Waals surface area contributed by atoms with E-state index in [2.05, 4.69) is 21.2 Å². The molecular weight excluding hydrogens is 298 g/mol. The molecule has 1 aromatic carbocycles. The van der Waals surface area contributed by atoms with Gasteiger partial charge in [-0.2, -0.15) is 0 Å². The topological polar surface area (TPSA) is 35.6 Å². The third-order valence-corrected chi connectivity index (χ3v) is 4.15. The SMILES string of the molecule is C[C@@H](C(=O)NC(C)(C)C)N1CCN(c2cccc(Cl)c2)CC1. The number of benzene rings is 1. The Hall–Kier alpha value is -1.26. The Morgan fingerprint density at radius 2 is 1.86 bits per heavy atom. The molecule has 0 bridgehead atoms. The highest BCUT2D eigenvalue weighted by Crippen LogP contribution is 2.21. The number of piperazine rings is 1. The summed E-state index contributed by atoms with van der Waals surface area (Å²) in [5.41, 5.74) is 0.965. The van der Waals surface area contributed by atoms with Crippen LogP contribution in [0, 0.1) is 0 Å². The second-order valence-corrected chi connectivity index (χ2v) is 7.35. The van der Waals surface area contributed by atoms with E-state index in [0.717, 1.165) is 36.9 Å². The predicted octanol–water partition coefficient (Wildman–Crippen LogP) is 2.77. The summed E-state index contributed by atoms with van der Waals surface area (Å²) in [6.07, 6.45) is 0. The summed E-state index contributed by atoms with van der Waals surface area (Å²) in [5.74, 6) is 0.101. The number of anilines is 1. The Labute approximate surface area is 138 Å². The van der Waals surface area contributed by atoms with Gasteiger partial charge in [0.15, 0.2) is 0 Å². The van der Waals surface area contributed by atoms with Gasteiger partial charge in [0.25, 0.3) is 0 Å². The molecule has 1 saturated heterocycles. The summed E-state index contributed by atoms with van der Waals surface area (Å²) in [6.45, 7) is 11.6. The summed E-state index contributed by atoms with van der Waals surface area (Å²) >= 11 is 6.06. The van der Waals surface area contributed by atoms with Crippen LogP contribution in [0.25, 0.3) is 0 Å². The fourth-order valence-corrected chi connectivity index (χ4v) is 2.86. The van der Waals surface area contributed by atoms with Crippen LogP contribution in [0.5, 0.6) is 0 Å². The van der Waals surface area contributed by atoms with Gasteiger partial charge in [-0.05, 0) is 45.9 Å². The molecule has 1 aliphatic heterocycles. The number of carbonyl (C=O) groups is 1. The van der Waals surface area contributed by atoms with Crippen molar-refractivity contribution in [3.05, 3.63) is 29.3 Å². The van der Waals surface area contributed by atoms with Crippen molar-refractivity contribution in [2.75, 3.05) is 31.1 Å². The Balaban J connectivity index is 1.90. The van der Waals surface area contributed by atoms with Crippen LogP contribution in [0.3, 0.4) is 0 Å². The van der Waals surface area contributed by atoms with Crippen LogP contribution in [-0.2, 0) is 4.79 Å². The van der Waals surface area contributed by atoms with Crippen LogP contribution in [0.1, 0.15) is 27.7 Å². The first-order chi connectivity index (χ1) is 10.3. The van der Waals surface area contributed by atoms with Crippen molar-refractivity contribution in [3.8, 4) is 0 Å². The minimum absolute atomic E-state index is 0.0965. The van der Waals surface area contributed by atoms with E-state index in [9.17, 15) is 4.79 Å². The van der Waals surface area contributed by atoms with Gasteiger partial charge in [0, 0.05) is 42.4 Å². The molecule has 1 aromatic rings. The first-order valence-corrected chi connectivity index (χ1v) is 8.21. The number of hydrogen-bond acceptors (Lipinski definition) is 3. The highest BCUT2D eigenvalue weighted by atomic mass is 35.5. The quantitative estimate of drug-likeness (QED) is 0.929. The third kappa shape index (κ3) is 4.62. The Morgan fingerprint density at radius 3 is 2.41 bits per heavy atom. The standard InChI is InChI=1S/C17H26ClN3O/c1-13(16(22)19-17(2,3)4)20-8-10-21(11-9-20)15-7-5-6-14(18)12-15/h5-7,12-13H,8-11H2,1-4H3,(H,19,22)/t13-/m0/s1. The van der Waals surface area contributed by atoms with E-state index in [0.29, 0.717) is 0 Å². The van der Waals surface area contributed by atoms with Gasteiger partial charge < -0.3 is 10.2 Å². The summed E-state index contributed by atoms with van der Waals surface area (Å²) in [6, 6.07) is 7.84. The van der Waals surface area contributed by atoms with Gasteiger partial charge in [-0.15, -0.1) is 0 Å². The fraction of sp³-hybridized carbons (Fsp3) is 0.588. The largest absolute Gasteiger partial charge is 0.369 e. The molecular formula is C17H26ClN3O. The molecule has 1 N–H and O–H groups in total. The molecule has 22 heavy (non-hydrogen) atoms. The van der Waals surface area contributed by atoms with E-state index in [-0.39, 0.29) is 17.5 Å². The van der Waals surface area contributed by atoms with E-state index in [1.807, 2.05) is 45.9 Å². The number of nitrogens with one attached hydrogen (secondary N) is 1. The number of amides is 1. The summed E-state index contributed by atoms with van der Waals surface area (Å²) in [7, 11) is 0. The zero-order valence-corrected chi connectivity index (χ0v) is 14.7. The van der Waals surface area contributed by atoms with Crippen molar-refractivity contribution < 1.29 is 4.79 Å². The number of rotatable bonds is 3. The normalized spacial score (nSPS) is 18.1. The third-order valence-electron chi connectivity index (χ3n) is 3.91. The molecule has 1 heterocycles. The number of hydrogen-bond donors (Lipinski definition) is 1. The number of halogens is 1. The molecule has 1 aliphatic rings. The van der Waals surface area contributed by atoms with Crippen molar-refractivity contribution in [2.24, 2.45) is 0 Å². The minimum Gasteiger partial charge on any atom is -0.369 e. The van der Waals surface area contributed by atoms with Gasteiger partial charge in [0.1, 0.15) is 0 Å². The van der Waals surface area contributed by atoms with Gasteiger partial charge >= 0.3 is 0 Å². The summed E-state index contributed by atoms with van der Waals surface area (Å²) in [4.78, 5) is 16.8. The van der Waals surface area contributed by atoms with Crippen LogP contribution in [0.2, 0.25) is 5.02 Å². The Kier molecular flexibility index (Phi) is 5.35. The van der Waals surface area contributed by atoms with E-state index in [4.69, 9.17) is 11.6 Å². The average Bonchev–Trinajstić information content (AvgIpc) is 2.45. The smallest absolute Gasteiger partial charge is 0.237 e. The molecule has 0 spiro atoms. The van der Waals surface area contributed by atoms with Crippen LogP contribution in [0.4, 0.5) is 5.69 Å². The van der Waals surface area contributed by atoms with Crippen LogP contribution < -0.4 is 10.2 Å². The molecule has 2 rings (SSSR count). The maximum absolute atomic E-state index is 12.3. The lowest BCUT2D eigenvalue weighted by Crippen LogP contribution is -2.56. The molecule has 0 radical (unpaired) electrons. The Morgan fingerprint density at radius 1 is 1.23 bits per heavy atom. The van der Waals surface area contributed by atoms with Gasteiger partial charge in [-0.3, -0.25) is 9.69 Å². The molecule has 1 amide bonds. The molecule has 4 nitrogen and oxygen atoms in total. The summed E-state index contributed by atoms with van der Waals surface area (Å²) < 4.78 is 0. The Bertz CT molecular complexity index is 519. The predicted molar refractivity (Wildman–Crippen MR) is 92.6 cm³/mol. The minimum atomic E-state index is -0.187. The molecule has 122 valence electrons. The zero-order valence-electron chi connectivity index (χ0n) is 13.9. The molecule has 0 saturated carbocycles. The fourth-order valence-electron chi connectivity index (χ4n) is 2.68. The molecule has 5 heteroatoms. The van der Waals surface area contributed by atoms with Crippen molar-refractivity contribution in [1.29, 1.82) is 0 Å². The van der Waals surface area contributed by atoms with Crippen molar-refractivity contribution >= 4 is 23.2 Å².